The Morgan fingerprint density at radius 3 is 0.821 bits per heavy atom. The van der Waals surface area contributed by atoms with E-state index >= 15 is 0 Å². The highest BCUT2D eigenvalue weighted by Crippen LogP contribution is 2.16. The van der Waals surface area contributed by atoms with Gasteiger partial charge in [0.25, 0.3) is 0 Å². The molecule has 0 saturated carbocycles. The first-order valence-electron chi connectivity index (χ1n) is 13.5. The van der Waals surface area contributed by atoms with Crippen molar-refractivity contribution in [2.75, 3.05) is 0 Å². The van der Waals surface area contributed by atoms with Gasteiger partial charge in [-0.15, -0.1) is 0 Å². The Morgan fingerprint density at radius 2 is 0.571 bits per heavy atom. The lowest BCUT2D eigenvalue weighted by Crippen LogP contribution is -2.05. The number of hydrogen-bond acceptors (Lipinski definition) is 1. The molecule has 0 spiro atoms. The smallest absolute Gasteiger partial charge is 0.0540 e. The molecule has 1 N–H and O–H groups in total. The summed E-state index contributed by atoms with van der Waals surface area (Å²) >= 11 is 0. The normalized spacial score (nSPS) is 11.6. The molecule has 0 atom stereocenters. The molecule has 0 aliphatic carbocycles. The summed E-state index contributed by atoms with van der Waals surface area (Å²) in [5.74, 6) is 0. The van der Waals surface area contributed by atoms with Gasteiger partial charge in [0.15, 0.2) is 0 Å². The number of rotatable bonds is 24. The van der Waals surface area contributed by atoms with Gasteiger partial charge in [-0.05, 0) is 12.8 Å². The summed E-state index contributed by atoms with van der Waals surface area (Å²) in [6, 6.07) is 0. The zero-order valence-corrected chi connectivity index (χ0v) is 20.0. The minimum atomic E-state index is -0.0304. The van der Waals surface area contributed by atoms with Gasteiger partial charge in [0, 0.05) is 0 Å². The van der Waals surface area contributed by atoms with E-state index in [1.54, 1.807) is 0 Å². The van der Waals surface area contributed by atoms with Gasteiger partial charge in [-0.25, -0.2) is 0 Å². The molecule has 0 bridgehead atoms. The first kappa shape index (κ1) is 28.0. The van der Waals surface area contributed by atoms with Crippen LogP contribution in [-0.2, 0) is 0 Å². The molecule has 0 amide bonds. The SMILES string of the molecule is CCCCCCCCCCCCCC(O)CCCCCCCCCCCCC. The molecule has 1 nitrogen and oxygen atoms in total. The van der Waals surface area contributed by atoms with Crippen LogP contribution >= 0.6 is 0 Å². The predicted octanol–water partition coefficient (Wildman–Crippen LogP) is 9.75. The zero-order chi connectivity index (χ0) is 20.5. The van der Waals surface area contributed by atoms with Crippen LogP contribution in [0.25, 0.3) is 0 Å². The largest absolute Gasteiger partial charge is 0.393 e. The molecule has 0 aliphatic heterocycles. The lowest BCUT2D eigenvalue weighted by molar-refractivity contribution is 0.147. The van der Waals surface area contributed by atoms with Crippen LogP contribution in [0.1, 0.15) is 168 Å². The molecule has 0 aliphatic rings. The Hall–Kier alpha value is -0.0400. The Morgan fingerprint density at radius 1 is 0.357 bits per heavy atom. The summed E-state index contributed by atoms with van der Waals surface area (Å²) in [5, 5.41) is 10.1. The van der Waals surface area contributed by atoms with Crippen molar-refractivity contribution in [1.29, 1.82) is 0 Å². The number of aliphatic hydroxyl groups excluding tert-OH is 1. The molecule has 0 radical (unpaired) electrons. The number of unbranched alkanes of at least 4 members (excludes halogenated alkanes) is 20. The van der Waals surface area contributed by atoms with E-state index in [-0.39, 0.29) is 6.10 Å². The molecule has 0 saturated heterocycles. The highest BCUT2D eigenvalue weighted by Gasteiger charge is 2.03. The second-order valence-corrected chi connectivity index (χ2v) is 9.30. The predicted molar refractivity (Wildman–Crippen MR) is 128 cm³/mol. The summed E-state index contributed by atoms with van der Waals surface area (Å²) < 4.78 is 0. The Bertz CT molecular complexity index is 237. The van der Waals surface area contributed by atoms with E-state index in [0.29, 0.717) is 0 Å². The van der Waals surface area contributed by atoms with E-state index in [2.05, 4.69) is 13.8 Å². The molecular weight excluding hydrogens is 340 g/mol. The van der Waals surface area contributed by atoms with Crippen molar-refractivity contribution in [3.8, 4) is 0 Å². The van der Waals surface area contributed by atoms with Crippen LogP contribution in [0.5, 0.6) is 0 Å². The lowest BCUT2D eigenvalue weighted by Gasteiger charge is -2.10. The summed E-state index contributed by atoms with van der Waals surface area (Å²) in [5.41, 5.74) is 0. The third kappa shape index (κ3) is 24.0. The van der Waals surface area contributed by atoms with Crippen molar-refractivity contribution >= 4 is 0 Å². The lowest BCUT2D eigenvalue weighted by atomic mass is 10.0. The Balaban J connectivity index is 3.12. The van der Waals surface area contributed by atoms with E-state index in [4.69, 9.17) is 0 Å². The highest BCUT2D eigenvalue weighted by molar-refractivity contribution is 4.58. The summed E-state index contributed by atoms with van der Waals surface area (Å²) in [7, 11) is 0. The Labute approximate surface area is 179 Å². The molecule has 1 heteroatoms. The van der Waals surface area contributed by atoms with Gasteiger partial charge in [-0.3, -0.25) is 0 Å². The van der Waals surface area contributed by atoms with Gasteiger partial charge in [0.2, 0.25) is 0 Å². The molecule has 0 aromatic rings. The van der Waals surface area contributed by atoms with E-state index in [0.717, 1.165) is 12.8 Å². The summed E-state index contributed by atoms with van der Waals surface area (Å²) in [6.45, 7) is 4.57. The van der Waals surface area contributed by atoms with E-state index in [1.165, 1.54) is 141 Å². The molecular formula is C27H56O. The van der Waals surface area contributed by atoms with Crippen molar-refractivity contribution in [2.24, 2.45) is 0 Å². The molecule has 170 valence electrons. The van der Waals surface area contributed by atoms with Gasteiger partial charge in [-0.1, -0.05) is 155 Å². The summed E-state index contributed by atoms with van der Waals surface area (Å²) in [4.78, 5) is 0. The molecule has 0 rings (SSSR count). The van der Waals surface area contributed by atoms with Crippen molar-refractivity contribution in [1.82, 2.24) is 0 Å². The maximum Gasteiger partial charge on any atom is 0.0540 e. The van der Waals surface area contributed by atoms with Crippen LogP contribution in [0.15, 0.2) is 0 Å². The van der Waals surface area contributed by atoms with E-state index in [9.17, 15) is 5.11 Å². The molecule has 28 heavy (non-hydrogen) atoms. The maximum absolute atomic E-state index is 10.1. The van der Waals surface area contributed by atoms with E-state index in [1.807, 2.05) is 0 Å². The van der Waals surface area contributed by atoms with Gasteiger partial charge in [-0.2, -0.15) is 0 Å². The van der Waals surface area contributed by atoms with Crippen molar-refractivity contribution in [3.05, 3.63) is 0 Å². The van der Waals surface area contributed by atoms with Crippen LogP contribution in [0.3, 0.4) is 0 Å². The average molecular weight is 397 g/mol. The van der Waals surface area contributed by atoms with Crippen LogP contribution in [0.2, 0.25) is 0 Å². The minimum absolute atomic E-state index is 0.0304. The van der Waals surface area contributed by atoms with Crippen molar-refractivity contribution in [3.63, 3.8) is 0 Å². The highest BCUT2D eigenvalue weighted by atomic mass is 16.3. The van der Waals surface area contributed by atoms with Crippen molar-refractivity contribution < 1.29 is 5.11 Å². The summed E-state index contributed by atoms with van der Waals surface area (Å²) in [6.07, 6.45) is 32.6. The number of hydrogen-bond donors (Lipinski definition) is 1. The molecule has 0 fully saturated rings. The van der Waals surface area contributed by atoms with Gasteiger partial charge in [0.1, 0.15) is 0 Å². The van der Waals surface area contributed by atoms with Gasteiger partial charge < -0.3 is 5.11 Å². The first-order chi connectivity index (χ1) is 13.8. The topological polar surface area (TPSA) is 20.2 Å². The minimum Gasteiger partial charge on any atom is -0.393 e. The fourth-order valence-corrected chi connectivity index (χ4v) is 4.23. The van der Waals surface area contributed by atoms with E-state index < -0.39 is 0 Å². The monoisotopic (exact) mass is 396 g/mol. The average Bonchev–Trinajstić information content (AvgIpc) is 2.70. The number of aliphatic hydroxyl groups is 1. The Kier molecular flexibility index (Phi) is 25.0. The molecule has 0 heterocycles. The maximum atomic E-state index is 10.1. The van der Waals surface area contributed by atoms with Crippen molar-refractivity contribution in [2.45, 2.75) is 174 Å². The fourth-order valence-electron chi connectivity index (χ4n) is 4.23. The van der Waals surface area contributed by atoms with Crippen LogP contribution in [0.4, 0.5) is 0 Å². The van der Waals surface area contributed by atoms with Gasteiger partial charge in [0.05, 0.1) is 6.10 Å². The quantitative estimate of drug-likeness (QED) is 0.161. The second-order valence-electron chi connectivity index (χ2n) is 9.30. The zero-order valence-electron chi connectivity index (χ0n) is 20.0. The fraction of sp³-hybridized carbons (Fsp3) is 1.00. The standard InChI is InChI=1S/C27H56O/c1-3-5-7-9-11-13-15-17-19-21-23-25-27(28)26-24-22-20-18-16-14-12-10-8-6-4-2/h27-28H,3-26H2,1-2H3. The second kappa shape index (κ2) is 25.0. The molecule has 0 aromatic heterocycles. The van der Waals surface area contributed by atoms with Crippen LogP contribution in [-0.4, -0.2) is 11.2 Å². The van der Waals surface area contributed by atoms with Gasteiger partial charge >= 0.3 is 0 Å². The molecule has 0 unspecified atom stereocenters. The molecule has 0 aromatic carbocycles. The van der Waals surface area contributed by atoms with Crippen LogP contribution in [0, 0.1) is 0 Å². The first-order valence-corrected chi connectivity index (χ1v) is 13.5. The van der Waals surface area contributed by atoms with Crippen LogP contribution < -0.4 is 0 Å². The third-order valence-electron chi connectivity index (χ3n) is 6.28. The third-order valence-corrected chi connectivity index (χ3v) is 6.28.